The molecular weight excluding hydrogens is 749 g/mol. The maximum absolute atomic E-state index is 5.38. The summed E-state index contributed by atoms with van der Waals surface area (Å²) < 4.78 is 0. The van der Waals surface area contributed by atoms with E-state index in [-0.39, 0.29) is 0 Å². The summed E-state index contributed by atoms with van der Waals surface area (Å²) in [5.41, 5.74) is 16.9. The lowest BCUT2D eigenvalue weighted by Crippen LogP contribution is -2.32. The van der Waals surface area contributed by atoms with Gasteiger partial charge >= 0.3 is 0 Å². The molecule has 3 heterocycles. The molecule has 0 saturated heterocycles. The van der Waals surface area contributed by atoms with E-state index in [2.05, 4.69) is 181 Å². The van der Waals surface area contributed by atoms with Crippen molar-refractivity contribution in [2.75, 3.05) is 11.9 Å². The fraction of sp³-hybridized carbons (Fsp3) is 0.0364. The molecule has 0 radical (unpaired) electrons. The fourth-order valence-corrected chi connectivity index (χ4v) is 11.0. The molecule has 12 rings (SSSR count). The summed E-state index contributed by atoms with van der Waals surface area (Å²) in [6.45, 7) is 0.820. The number of fused-ring (bicyclic) bond motifs is 10. The molecule has 60 heavy (non-hydrogen) atoms. The molecule has 282 valence electrons. The third-order valence-corrected chi connectivity index (χ3v) is 13.5. The number of hydrogen-bond acceptors (Lipinski definition) is 5. The summed E-state index contributed by atoms with van der Waals surface area (Å²) in [5, 5.41) is 3.61. The van der Waals surface area contributed by atoms with Crippen LogP contribution in [0.2, 0.25) is 0 Å². The minimum absolute atomic E-state index is 0.577. The third kappa shape index (κ3) is 5.36. The van der Waals surface area contributed by atoms with Gasteiger partial charge in [0.1, 0.15) is 0 Å². The summed E-state index contributed by atoms with van der Waals surface area (Å²) in [6, 6.07) is 67.6. The van der Waals surface area contributed by atoms with Crippen molar-refractivity contribution in [2.45, 2.75) is 15.2 Å². The van der Waals surface area contributed by atoms with E-state index in [4.69, 9.17) is 15.0 Å². The molecule has 0 fully saturated rings. The summed E-state index contributed by atoms with van der Waals surface area (Å²) in [6.07, 6.45) is 4.38. The average molecular weight is 785 g/mol. The maximum Gasteiger partial charge on any atom is 0.165 e. The molecule has 0 amide bonds. The molecule has 0 atom stereocenters. The van der Waals surface area contributed by atoms with E-state index < -0.39 is 5.41 Å². The van der Waals surface area contributed by atoms with Crippen molar-refractivity contribution in [3.63, 3.8) is 0 Å². The van der Waals surface area contributed by atoms with Crippen LogP contribution in [0.15, 0.2) is 204 Å². The van der Waals surface area contributed by atoms with Gasteiger partial charge < -0.3 is 5.32 Å². The minimum atomic E-state index is -0.577. The topological polar surface area (TPSA) is 50.7 Å². The van der Waals surface area contributed by atoms with Gasteiger partial charge in [0.15, 0.2) is 17.5 Å². The third-order valence-electron chi connectivity index (χ3n) is 12.2. The van der Waals surface area contributed by atoms with Crippen LogP contribution in [-0.4, -0.2) is 21.5 Å². The van der Waals surface area contributed by atoms with Crippen LogP contribution in [0.3, 0.4) is 0 Å². The standard InChI is InChI=1S/C55H36N4S/c1-3-15-35(16-4-1)38-19-11-20-40(33-38)53-57-52(37-17-5-2-6-18-37)58-54(59-53)44-25-13-29-48-51(44)60-50-41(39-31-30-36-21-14-32-56-49(36)34-39)24-12-28-47(50)55(48)45-26-9-7-22-42(45)43-23-8-10-27-46(43)55/h1-31,33-34,56H,32H2. The monoisotopic (exact) mass is 784 g/mol. The molecule has 3 aliphatic rings. The van der Waals surface area contributed by atoms with Gasteiger partial charge in [-0.2, -0.15) is 0 Å². The first-order valence-electron chi connectivity index (χ1n) is 20.4. The van der Waals surface area contributed by atoms with Crippen LogP contribution < -0.4 is 5.32 Å². The quantitative estimate of drug-likeness (QED) is 0.188. The number of anilines is 1. The Bertz CT molecular complexity index is 3150. The normalized spacial score (nSPS) is 13.7. The fourth-order valence-electron chi connectivity index (χ4n) is 9.54. The average Bonchev–Trinajstić information content (AvgIpc) is 3.62. The molecule has 9 aromatic rings. The van der Waals surface area contributed by atoms with Crippen molar-refractivity contribution in [3.05, 3.63) is 222 Å². The van der Waals surface area contributed by atoms with Crippen molar-refractivity contribution < 1.29 is 0 Å². The van der Waals surface area contributed by atoms with Gasteiger partial charge in [-0.15, -0.1) is 0 Å². The van der Waals surface area contributed by atoms with Crippen LogP contribution in [0.25, 0.3) is 73.6 Å². The Morgan fingerprint density at radius 2 is 0.933 bits per heavy atom. The molecule has 8 aromatic carbocycles. The van der Waals surface area contributed by atoms with Crippen LogP contribution in [0, 0.1) is 0 Å². The number of nitrogens with one attached hydrogen (secondary N) is 1. The van der Waals surface area contributed by atoms with Crippen LogP contribution in [0.1, 0.15) is 27.8 Å². The van der Waals surface area contributed by atoms with Crippen LogP contribution >= 0.6 is 11.8 Å². The number of rotatable bonds is 5. The maximum atomic E-state index is 5.38. The van der Waals surface area contributed by atoms with Crippen LogP contribution in [0.5, 0.6) is 0 Å². The molecular formula is C55H36N4S. The molecule has 5 heteroatoms. The zero-order valence-electron chi connectivity index (χ0n) is 32.5. The van der Waals surface area contributed by atoms with E-state index in [1.165, 1.54) is 55.0 Å². The van der Waals surface area contributed by atoms with E-state index >= 15 is 0 Å². The molecule has 2 aliphatic heterocycles. The smallest absolute Gasteiger partial charge is 0.165 e. The number of aromatic nitrogens is 3. The van der Waals surface area contributed by atoms with Gasteiger partial charge in [0.05, 0.1) is 5.41 Å². The van der Waals surface area contributed by atoms with E-state index in [9.17, 15) is 0 Å². The highest BCUT2D eigenvalue weighted by Crippen LogP contribution is 2.64. The second kappa shape index (κ2) is 13.9. The highest BCUT2D eigenvalue weighted by molar-refractivity contribution is 7.99. The minimum Gasteiger partial charge on any atom is -0.381 e. The molecule has 1 aromatic heterocycles. The molecule has 0 bridgehead atoms. The van der Waals surface area contributed by atoms with Crippen LogP contribution in [-0.2, 0) is 5.41 Å². The molecule has 1 aliphatic carbocycles. The first-order valence-corrected chi connectivity index (χ1v) is 21.2. The van der Waals surface area contributed by atoms with Gasteiger partial charge in [-0.05, 0) is 73.3 Å². The Labute approximate surface area is 353 Å². The van der Waals surface area contributed by atoms with E-state index in [0.717, 1.165) is 44.9 Å². The van der Waals surface area contributed by atoms with Crippen LogP contribution in [0.4, 0.5) is 5.69 Å². The lowest BCUT2D eigenvalue weighted by Gasteiger charge is -2.41. The molecule has 0 saturated carbocycles. The molecule has 1 N–H and O–H groups in total. The Hall–Kier alpha value is -7.34. The predicted octanol–water partition coefficient (Wildman–Crippen LogP) is 13.5. The summed E-state index contributed by atoms with van der Waals surface area (Å²) >= 11 is 1.84. The summed E-state index contributed by atoms with van der Waals surface area (Å²) in [5.74, 6) is 1.92. The first kappa shape index (κ1) is 34.7. The number of nitrogens with zero attached hydrogens (tertiary/aromatic N) is 3. The van der Waals surface area contributed by atoms with Gasteiger partial charge in [-0.3, -0.25) is 0 Å². The molecule has 1 spiro atoms. The Morgan fingerprint density at radius 1 is 0.400 bits per heavy atom. The SMILES string of the molecule is C1=Cc2ccc(-c3cccc4c3Sc3c(-c5nc(-c6ccccc6)nc(-c6cccc(-c7ccccc7)c6)n5)cccc3C43c4ccccc4-c4ccccc43)cc2NC1. The highest BCUT2D eigenvalue weighted by atomic mass is 32.2. The highest BCUT2D eigenvalue weighted by Gasteiger charge is 2.51. The number of benzene rings is 8. The van der Waals surface area contributed by atoms with Gasteiger partial charge in [-0.1, -0.05) is 200 Å². The van der Waals surface area contributed by atoms with Gasteiger partial charge in [0, 0.05) is 38.7 Å². The van der Waals surface area contributed by atoms with E-state index in [1.807, 2.05) is 36.0 Å². The summed E-state index contributed by atoms with van der Waals surface area (Å²) in [7, 11) is 0. The van der Waals surface area contributed by atoms with Crippen molar-refractivity contribution in [2.24, 2.45) is 0 Å². The Kier molecular flexibility index (Phi) is 8.03. The first-order chi connectivity index (χ1) is 29.7. The second-order valence-electron chi connectivity index (χ2n) is 15.5. The summed E-state index contributed by atoms with van der Waals surface area (Å²) in [4.78, 5) is 18.3. The van der Waals surface area contributed by atoms with Gasteiger partial charge in [0.2, 0.25) is 0 Å². The van der Waals surface area contributed by atoms with E-state index in [0.29, 0.717) is 17.5 Å². The molecule has 0 unspecified atom stereocenters. The lowest BCUT2D eigenvalue weighted by atomic mass is 9.66. The second-order valence-corrected chi connectivity index (χ2v) is 16.5. The predicted molar refractivity (Wildman–Crippen MR) is 246 cm³/mol. The van der Waals surface area contributed by atoms with Gasteiger partial charge in [0.25, 0.3) is 0 Å². The van der Waals surface area contributed by atoms with Crippen molar-refractivity contribution in [1.29, 1.82) is 0 Å². The zero-order chi connectivity index (χ0) is 39.6. The molecule has 4 nitrogen and oxygen atoms in total. The van der Waals surface area contributed by atoms with Crippen molar-refractivity contribution >= 4 is 23.5 Å². The van der Waals surface area contributed by atoms with Gasteiger partial charge in [-0.25, -0.2) is 15.0 Å². The van der Waals surface area contributed by atoms with Crippen molar-refractivity contribution in [1.82, 2.24) is 15.0 Å². The lowest BCUT2D eigenvalue weighted by molar-refractivity contribution is 0.723. The zero-order valence-corrected chi connectivity index (χ0v) is 33.3. The van der Waals surface area contributed by atoms with Crippen molar-refractivity contribution in [3.8, 4) is 67.5 Å². The Morgan fingerprint density at radius 3 is 1.67 bits per heavy atom. The largest absolute Gasteiger partial charge is 0.381 e. The number of hydrogen-bond donors (Lipinski definition) is 1. The Balaban J connectivity index is 1.13. The van der Waals surface area contributed by atoms with E-state index in [1.54, 1.807) is 0 Å².